The predicted molar refractivity (Wildman–Crippen MR) is 76.4 cm³/mol. The number of rotatable bonds is 4. The lowest BCUT2D eigenvalue weighted by molar-refractivity contribution is 0.391. The Kier molecular flexibility index (Phi) is 3.25. The summed E-state index contributed by atoms with van der Waals surface area (Å²) in [5.41, 5.74) is 0.413. The molecule has 19 heavy (non-hydrogen) atoms. The van der Waals surface area contributed by atoms with E-state index in [1.54, 1.807) is 0 Å². The Morgan fingerprint density at radius 3 is 2.63 bits per heavy atom. The summed E-state index contributed by atoms with van der Waals surface area (Å²) in [5.74, 6) is 3.37. The number of nitrogens with one attached hydrogen (secondary N) is 2. The van der Waals surface area contributed by atoms with Gasteiger partial charge in [0.15, 0.2) is 0 Å². The van der Waals surface area contributed by atoms with Crippen LogP contribution in [-0.4, -0.2) is 41.9 Å². The van der Waals surface area contributed by atoms with Crippen LogP contribution in [0.1, 0.15) is 44.9 Å². The van der Waals surface area contributed by atoms with E-state index in [0.717, 1.165) is 37.3 Å². The molecule has 2 aliphatic rings. The first-order chi connectivity index (χ1) is 9.10. The highest BCUT2D eigenvalue weighted by molar-refractivity contribution is 5.31. The van der Waals surface area contributed by atoms with Gasteiger partial charge in [-0.3, -0.25) is 5.10 Å². The van der Waals surface area contributed by atoms with E-state index >= 15 is 0 Å². The molecule has 0 spiro atoms. The number of anilines is 1. The highest BCUT2D eigenvalue weighted by atomic mass is 15.4. The molecular weight excluding hydrogens is 238 g/mol. The normalized spacial score (nSPS) is 26.7. The lowest BCUT2D eigenvalue weighted by atomic mass is 9.97. The van der Waals surface area contributed by atoms with E-state index in [1.165, 1.54) is 19.3 Å². The van der Waals surface area contributed by atoms with Crippen LogP contribution < -0.4 is 10.2 Å². The van der Waals surface area contributed by atoms with Gasteiger partial charge in [0, 0.05) is 19.0 Å². The number of hydrogen-bond acceptors (Lipinski definition) is 4. The molecule has 2 N–H and O–H groups in total. The SMILES string of the molecule is CNCC1CCN(c2n[nH]c(C3CC3(C)C)n2)CC1. The third-order valence-electron chi connectivity index (χ3n) is 4.72. The van der Waals surface area contributed by atoms with Crippen molar-refractivity contribution in [1.82, 2.24) is 20.5 Å². The van der Waals surface area contributed by atoms with Crippen molar-refractivity contribution in [2.45, 2.75) is 39.0 Å². The molecule has 1 aliphatic heterocycles. The number of piperidine rings is 1. The lowest BCUT2D eigenvalue weighted by Crippen LogP contribution is -2.37. The second-order valence-corrected chi connectivity index (χ2v) is 6.75. The van der Waals surface area contributed by atoms with Gasteiger partial charge in [0.05, 0.1) is 0 Å². The minimum atomic E-state index is 0.413. The molecule has 0 aromatic carbocycles. The van der Waals surface area contributed by atoms with Crippen LogP contribution in [0.5, 0.6) is 0 Å². The maximum Gasteiger partial charge on any atom is 0.244 e. The van der Waals surface area contributed by atoms with Crippen molar-refractivity contribution in [2.75, 3.05) is 31.6 Å². The fourth-order valence-electron chi connectivity index (χ4n) is 3.12. The van der Waals surface area contributed by atoms with Crippen LogP contribution in [0.2, 0.25) is 0 Å². The van der Waals surface area contributed by atoms with Gasteiger partial charge in [0.2, 0.25) is 5.95 Å². The Morgan fingerprint density at radius 1 is 1.37 bits per heavy atom. The summed E-state index contributed by atoms with van der Waals surface area (Å²) in [5, 5.41) is 10.8. The van der Waals surface area contributed by atoms with Gasteiger partial charge < -0.3 is 10.2 Å². The molecule has 1 aromatic rings. The molecule has 2 heterocycles. The number of aromatic nitrogens is 3. The standard InChI is InChI=1S/C14H25N5/c1-14(2)8-11(14)12-16-13(18-17-12)19-6-4-10(5-7-19)9-15-3/h10-11,15H,4-9H2,1-3H3,(H,16,17,18). The minimum absolute atomic E-state index is 0.413. The summed E-state index contributed by atoms with van der Waals surface area (Å²) >= 11 is 0. The molecule has 1 aromatic heterocycles. The zero-order chi connectivity index (χ0) is 13.5. The number of nitrogens with zero attached hydrogens (tertiary/aromatic N) is 3. The predicted octanol–water partition coefficient (Wildman–Crippen LogP) is 1.75. The second kappa shape index (κ2) is 4.78. The molecule has 106 valence electrons. The van der Waals surface area contributed by atoms with Crippen LogP contribution in [0.4, 0.5) is 5.95 Å². The van der Waals surface area contributed by atoms with Crippen molar-refractivity contribution < 1.29 is 0 Å². The van der Waals surface area contributed by atoms with E-state index < -0.39 is 0 Å². The molecule has 1 aliphatic carbocycles. The van der Waals surface area contributed by atoms with Crippen molar-refractivity contribution >= 4 is 5.95 Å². The highest BCUT2D eigenvalue weighted by Gasteiger charge is 2.48. The van der Waals surface area contributed by atoms with Crippen molar-refractivity contribution in [3.63, 3.8) is 0 Å². The van der Waals surface area contributed by atoms with Crippen molar-refractivity contribution in [2.24, 2.45) is 11.3 Å². The number of H-pyrrole nitrogens is 1. The van der Waals surface area contributed by atoms with Crippen LogP contribution in [-0.2, 0) is 0 Å². The molecular formula is C14H25N5. The third kappa shape index (κ3) is 2.61. The van der Waals surface area contributed by atoms with E-state index in [1.807, 2.05) is 7.05 Å². The zero-order valence-corrected chi connectivity index (χ0v) is 12.2. The first-order valence-corrected chi connectivity index (χ1v) is 7.42. The number of hydrogen-bond donors (Lipinski definition) is 2. The molecule has 0 bridgehead atoms. The molecule has 5 nitrogen and oxygen atoms in total. The summed E-state index contributed by atoms with van der Waals surface area (Å²) in [6.45, 7) is 7.88. The molecule has 1 saturated heterocycles. The second-order valence-electron chi connectivity index (χ2n) is 6.75. The van der Waals surface area contributed by atoms with Gasteiger partial charge in [-0.2, -0.15) is 4.98 Å². The van der Waals surface area contributed by atoms with Gasteiger partial charge in [0.25, 0.3) is 0 Å². The Morgan fingerprint density at radius 2 is 2.05 bits per heavy atom. The first kappa shape index (κ1) is 12.9. The molecule has 0 radical (unpaired) electrons. The van der Waals surface area contributed by atoms with Gasteiger partial charge in [-0.05, 0) is 44.2 Å². The van der Waals surface area contributed by atoms with Crippen LogP contribution in [0.25, 0.3) is 0 Å². The van der Waals surface area contributed by atoms with E-state index in [-0.39, 0.29) is 0 Å². The Balaban J connectivity index is 1.59. The zero-order valence-electron chi connectivity index (χ0n) is 12.2. The van der Waals surface area contributed by atoms with Crippen LogP contribution in [0, 0.1) is 11.3 Å². The largest absolute Gasteiger partial charge is 0.340 e. The van der Waals surface area contributed by atoms with Gasteiger partial charge in [-0.25, -0.2) is 0 Å². The molecule has 0 amide bonds. The van der Waals surface area contributed by atoms with Crippen LogP contribution in [0.15, 0.2) is 0 Å². The summed E-state index contributed by atoms with van der Waals surface area (Å²) in [4.78, 5) is 7.03. The first-order valence-electron chi connectivity index (χ1n) is 7.42. The maximum absolute atomic E-state index is 4.71. The molecule has 1 unspecified atom stereocenters. The quantitative estimate of drug-likeness (QED) is 0.869. The summed E-state index contributed by atoms with van der Waals surface area (Å²) in [7, 11) is 2.03. The van der Waals surface area contributed by atoms with E-state index in [2.05, 4.69) is 34.3 Å². The van der Waals surface area contributed by atoms with Crippen molar-refractivity contribution in [3.05, 3.63) is 5.82 Å². The number of aromatic amines is 1. The lowest BCUT2D eigenvalue weighted by Gasteiger charge is -2.30. The Bertz CT molecular complexity index is 431. The van der Waals surface area contributed by atoms with Crippen LogP contribution >= 0.6 is 0 Å². The molecule has 5 heteroatoms. The van der Waals surface area contributed by atoms with Crippen molar-refractivity contribution in [3.8, 4) is 0 Å². The minimum Gasteiger partial charge on any atom is -0.340 e. The third-order valence-corrected chi connectivity index (χ3v) is 4.72. The maximum atomic E-state index is 4.71. The van der Waals surface area contributed by atoms with E-state index in [4.69, 9.17) is 4.98 Å². The van der Waals surface area contributed by atoms with E-state index in [9.17, 15) is 0 Å². The Labute approximate surface area is 115 Å². The molecule has 1 atom stereocenters. The smallest absolute Gasteiger partial charge is 0.244 e. The monoisotopic (exact) mass is 263 g/mol. The van der Waals surface area contributed by atoms with Gasteiger partial charge in [-0.15, -0.1) is 5.10 Å². The Hall–Kier alpha value is -1.10. The van der Waals surface area contributed by atoms with Gasteiger partial charge >= 0.3 is 0 Å². The topological polar surface area (TPSA) is 56.8 Å². The van der Waals surface area contributed by atoms with E-state index in [0.29, 0.717) is 11.3 Å². The fraction of sp³-hybridized carbons (Fsp3) is 0.857. The van der Waals surface area contributed by atoms with Crippen LogP contribution in [0.3, 0.4) is 0 Å². The van der Waals surface area contributed by atoms with Gasteiger partial charge in [0.1, 0.15) is 5.82 Å². The summed E-state index contributed by atoms with van der Waals surface area (Å²) in [6.07, 6.45) is 3.70. The summed E-state index contributed by atoms with van der Waals surface area (Å²) in [6, 6.07) is 0. The summed E-state index contributed by atoms with van der Waals surface area (Å²) < 4.78 is 0. The average molecular weight is 263 g/mol. The van der Waals surface area contributed by atoms with Crippen molar-refractivity contribution in [1.29, 1.82) is 0 Å². The van der Waals surface area contributed by atoms with Gasteiger partial charge in [-0.1, -0.05) is 13.8 Å². The average Bonchev–Trinajstić information content (AvgIpc) is 2.84. The fourth-order valence-corrected chi connectivity index (χ4v) is 3.12. The molecule has 2 fully saturated rings. The highest BCUT2D eigenvalue weighted by Crippen LogP contribution is 2.57. The molecule has 1 saturated carbocycles. The molecule has 3 rings (SSSR count).